The fourth-order valence-electron chi connectivity index (χ4n) is 2.37. The van der Waals surface area contributed by atoms with Crippen LogP contribution >= 0.6 is 11.3 Å². The molecule has 0 aliphatic carbocycles. The van der Waals surface area contributed by atoms with Crippen molar-refractivity contribution in [1.82, 2.24) is 4.98 Å². The normalized spacial score (nSPS) is 12.8. The summed E-state index contributed by atoms with van der Waals surface area (Å²) in [5.74, 6) is -0.680. The molecule has 8 heteroatoms. The molecule has 0 amide bonds. The number of aromatic nitrogens is 1. The zero-order valence-electron chi connectivity index (χ0n) is 14.4. The first-order chi connectivity index (χ1) is 11.8. The molecule has 136 valence electrons. The van der Waals surface area contributed by atoms with Crippen LogP contribution in [-0.2, 0) is 27.7 Å². The Labute approximate surface area is 152 Å². The quantitative estimate of drug-likeness (QED) is 0.726. The molecule has 1 atom stereocenters. The molecule has 0 bridgehead atoms. The Bertz CT molecular complexity index is 842. The molecule has 0 radical (unpaired) electrons. The topological polar surface area (TPSA) is 96.4 Å². The molecule has 0 saturated carbocycles. The summed E-state index contributed by atoms with van der Waals surface area (Å²) in [7, 11) is -3.75. The van der Waals surface area contributed by atoms with Crippen molar-refractivity contribution in [3.05, 3.63) is 40.4 Å². The van der Waals surface area contributed by atoms with E-state index in [0.29, 0.717) is 10.7 Å². The summed E-state index contributed by atoms with van der Waals surface area (Å²) in [6.45, 7) is 6.18. The van der Waals surface area contributed by atoms with Gasteiger partial charge in [0.15, 0.2) is 5.13 Å². The highest BCUT2D eigenvalue weighted by atomic mass is 32.2. The van der Waals surface area contributed by atoms with Gasteiger partial charge in [0.25, 0.3) is 10.0 Å². The van der Waals surface area contributed by atoms with Gasteiger partial charge in [-0.3, -0.25) is 9.52 Å². The highest BCUT2D eigenvalue weighted by Gasteiger charge is 2.20. The predicted molar refractivity (Wildman–Crippen MR) is 98.8 cm³/mol. The summed E-state index contributed by atoms with van der Waals surface area (Å²) in [5, 5.41) is 9.13. The van der Waals surface area contributed by atoms with Crippen LogP contribution < -0.4 is 4.72 Å². The lowest BCUT2D eigenvalue weighted by Crippen LogP contribution is -2.13. The van der Waals surface area contributed by atoms with Crippen molar-refractivity contribution in [3.63, 3.8) is 0 Å². The Morgan fingerprint density at radius 1 is 1.28 bits per heavy atom. The van der Waals surface area contributed by atoms with Gasteiger partial charge >= 0.3 is 5.97 Å². The first-order valence-electron chi connectivity index (χ1n) is 8.10. The third-order valence-corrected chi connectivity index (χ3v) is 6.55. The number of benzene rings is 1. The van der Waals surface area contributed by atoms with E-state index in [1.807, 2.05) is 6.92 Å². The number of sulfonamides is 1. The molecule has 6 nitrogen and oxygen atoms in total. The van der Waals surface area contributed by atoms with Crippen LogP contribution in [0.5, 0.6) is 0 Å². The predicted octanol–water partition coefficient (Wildman–Crippen LogP) is 3.65. The number of carboxylic acid groups (broad SMARTS) is 1. The van der Waals surface area contributed by atoms with Crippen molar-refractivity contribution in [2.75, 3.05) is 4.72 Å². The van der Waals surface area contributed by atoms with Crippen molar-refractivity contribution in [2.45, 2.75) is 50.8 Å². The number of nitrogens with zero attached hydrogens (tertiary/aromatic N) is 1. The average Bonchev–Trinajstić information content (AvgIpc) is 2.96. The van der Waals surface area contributed by atoms with E-state index in [0.717, 1.165) is 23.4 Å². The summed E-state index contributed by atoms with van der Waals surface area (Å²) in [5.41, 5.74) is 1.50. The molecule has 1 heterocycles. The molecule has 1 aromatic heterocycles. The second-order valence-electron chi connectivity index (χ2n) is 5.81. The highest BCUT2D eigenvalue weighted by molar-refractivity contribution is 7.93. The standard InChI is InChI=1S/C17H22N2O4S2/c1-4-11(3)16-14(5-2)24-17(18-16)19-25(22,23)13-8-6-12(7-9-13)10-15(20)21/h6-9,11H,4-5,10H2,1-3H3,(H,18,19)(H,20,21). The summed E-state index contributed by atoms with van der Waals surface area (Å²) in [4.78, 5) is 16.3. The number of rotatable bonds is 8. The number of carbonyl (C=O) groups is 1. The molecule has 2 rings (SSSR count). The first kappa shape index (κ1) is 19.4. The zero-order valence-corrected chi connectivity index (χ0v) is 16.1. The fourth-order valence-corrected chi connectivity index (χ4v) is 4.63. The van der Waals surface area contributed by atoms with E-state index in [-0.39, 0.29) is 17.2 Å². The van der Waals surface area contributed by atoms with Crippen molar-refractivity contribution in [3.8, 4) is 0 Å². The minimum absolute atomic E-state index is 0.0833. The second kappa shape index (κ2) is 7.97. The summed E-state index contributed by atoms with van der Waals surface area (Å²) >= 11 is 1.36. The summed E-state index contributed by atoms with van der Waals surface area (Å²) in [6.07, 6.45) is 1.61. The van der Waals surface area contributed by atoms with Crippen LogP contribution in [0.2, 0.25) is 0 Å². The maximum atomic E-state index is 12.5. The Morgan fingerprint density at radius 2 is 1.92 bits per heavy atom. The van der Waals surface area contributed by atoms with E-state index in [1.54, 1.807) is 0 Å². The summed E-state index contributed by atoms with van der Waals surface area (Å²) in [6, 6.07) is 5.83. The molecular formula is C17H22N2O4S2. The molecule has 1 aromatic carbocycles. The lowest BCUT2D eigenvalue weighted by atomic mass is 10.0. The largest absolute Gasteiger partial charge is 0.481 e. The fraction of sp³-hybridized carbons (Fsp3) is 0.412. The van der Waals surface area contributed by atoms with Gasteiger partial charge in [0.05, 0.1) is 17.0 Å². The molecule has 2 N–H and O–H groups in total. The number of thiazole rings is 1. The number of aliphatic carboxylic acids is 1. The number of nitrogens with one attached hydrogen (secondary N) is 1. The zero-order chi connectivity index (χ0) is 18.6. The highest BCUT2D eigenvalue weighted by Crippen LogP contribution is 2.31. The van der Waals surface area contributed by atoms with Crippen LogP contribution in [0.1, 0.15) is 49.2 Å². The van der Waals surface area contributed by atoms with Gasteiger partial charge in [0, 0.05) is 4.88 Å². The Hall–Kier alpha value is -1.93. The maximum Gasteiger partial charge on any atom is 0.307 e. The van der Waals surface area contributed by atoms with E-state index < -0.39 is 16.0 Å². The van der Waals surface area contributed by atoms with Crippen LogP contribution in [0.4, 0.5) is 5.13 Å². The molecule has 2 aromatic rings. The van der Waals surface area contributed by atoms with Gasteiger partial charge in [0.1, 0.15) is 0 Å². The van der Waals surface area contributed by atoms with Crippen LogP contribution in [-0.4, -0.2) is 24.5 Å². The molecule has 0 aliphatic rings. The van der Waals surface area contributed by atoms with Gasteiger partial charge in [-0.25, -0.2) is 13.4 Å². The van der Waals surface area contributed by atoms with Crippen molar-refractivity contribution < 1.29 is 18.3 Å². The van der Waals surface area contributed by atoms with Crippen molar-refractivity contribution >= 4 is 32.5 Å². The molecule has 25 heavy (non-hydrogen) atoms. The molecule has 0 aliphatic heterocycles. The van der Waals surface area contributed by atoms with E-state index in [4.69, 9.17) is 5.11 Å². The van der Waals surface area contributed by atoms with Crippen LogP contribution in [0, 0.1) is 0 Å². The number of hydrogen-bond donors (Lipinski definition) is 2. The van der Waals surface area contributed by atoms with Gasteiger partial charge < -0.3 is 5.11 Å². The maximum absolute atomic E-state index is 12.5. The van der Waals surface area contributed by atoms with Crippen molar-refractivity contribution in [1.29, 1.82) is 0 Å². The number of anilines is 1. The lowest BCUT2D eigenvalue weighted by Gasteiger charge is -2.07. The van der Waals surface area contributed by atoms with Crippen LogP contribution in [0.15, 0.2) is 29.2 Å². The minimum atomic E-state index is -3.75. The monoisotopic (exact) mass is 382 g/mol. The van der Waals surface area contributed by atoms with Gasteiger partial charge in [0.2, 0.25) is 0 Å². The Balaban J connectivity index is 2.23. The van der Waals surface area contributed by atoms with E-state index in [2.05, 4.69) is 23.6 Å². The van der Waals surface area contributed by atoms with E-state index >= 15 is 0 Å². The van der Waals surface area contributed by atoms with Gasteiger partial charge in [-0.1, -0.05) is 32.9 Å². The SMILES string of the molecule is CCc1sc(NS(=O)(=O)c2ccc(CC(=O)O)cc2)nc1C(C)CC. The Morgan fingerprint density at radius 3 is 2.44 bits per heavy atom. The second-order valence-corrected chi connectivity index (χ2v) is 8.58. The summed E-state index contributed by atoms with van der Waals surface area (Å²) < 4.78 is 27.6. The first-order valence-corrected chi connectivity index (χ1v) is 10.4. The van der Waals surface area contributed by atoms with E-state index in [9.17, 15) is 13.2 Å². The van der Waals surface area contributed by atoms with Crippen LogP contribution in [0.25, 0.3) is 0 Å². The number of carboxylic acids is 1. The minimum Gasteiger partial charge on any atom is -0.481 e. The third kappa shape index (κ3) is 4.79. The van der Waals surface area contributed by atoms with Gasteiger partial charge in [-0.05, 0) is 36.5 Å². The molecule has 0 saturated heterocycles. The molecule has 0 fully saturated rings. The molecule has 0 spiro atoms. The average molecular weight is 383 g/mol. The van der Waals surface area contributed by atoms with Gasteiger partial charge in [-0.15, -0.1) is 11.3 Å². The third-order valence-electron chi connectivity index (χ3n) is 3.94. The van der Waals surface area contributed by atoms with Crippen LogP contribution in [0.3, 0.4) is 0 Å². The molecular weight excluding hydrogens is 360 g/mol. The van der Waals surface area contributed by atoms with Gasteiger partial charge in [-0.2, -0.15) is 0 Å². The molecule has 1 unspecified atom stereocenters. The van der Waals surface area contributed by atoms with E-state index in [1.165, 1.54) is 35.6 Å². The smallest absolute Gasteiger partial charge is 0.307 e. The number of aryl methyl sites for hydroxylation is 1. The Kier molecular flexibility index (Phi) is 6.18. The number of hydrogen-bond acceptors (Lipinski definition) is 5. The lowest BCUT2D eigenvalue weighted by molar-refractivity contribution is -0.136. The van der Waals surface area contributed by atoms with Crippen molar-refractivity contribution in [2.24, 2.45) is 0 Å².